The van der Waals surface area contributed by atoms with Crippen molar-refractivity contribution in [3.63, 3.8) is 0 Å². The van der Waals surface area contributed by atoms with Crippen molar-refractivity contribution in [2.24, 2.45) is 46.3 Å². The van der Waals surface area contributed by atoms with E-state index in [1.54, 1.807) is 13.0 Å². The first-order valence-electron chi connectivity index (χ1n) is 20.1. The molecule has 0 spiro atoms. The Balaban J connectivity index is 1.35. The Hall–Kier alpha value is -1.99. The average Bonchev–Trinajstić information content (AvgIpc) is 3.16. The van der Waals surface area contributed by atoms with Crippen molar-refractivity contribution in [1.29, 1.82) is 0 Å². The molecule has 2 bridgehead atoms. The molecular formula is C43H68O7. The van der Waals surface area contributed by atoms with Gasteiger partial charge in [0, 0.05) is 30.1 Å². The third-order valence-corrected chi connectivity index (χ3v) is 14.2. The first kappa shape index (κ1) is 39.2. The Kier molecular flexibility index (Phi) is 11.6. The van der Waals surface area contributed by atoms with E-state index in [4.69, 9.17) is 9.47 Å². The number of rotatable bonds is 13. The smallest absolute Gasteiger partial charge is 0.306 e. The van der Waals surface area contributed by atoms with Gasteiger partial charge in [-0.1, -0.05) is 92.2 Å². The molecule has 0 aromatic carbocycles. The molecule has 0 amide bonds. The summed E-state index contributed by atoms with van der Waals surface area (Å²) < 4.78 is 12.4. The van der Waals surface area contributed by atoms with E-state index >= 15 is 0 Å². The van der Waals surface area contributed by atoms with Crippen molar-refractivity contribution < 1.29 is 34.1 Å². The largest absolute Gasteiger partial charge is 0.461 e. The number of unbranched alkanes of at least 4 members (excludes halogenated alkanes) is 6. The fourth-order valence-corrected chi connectivity index (χ4v) is 11.6. The second-order valence-corrected chi connectivity index (χ2v) is 19.0. The fourth-order valence-electron chi connectivity index (χ4n) is 11.6. The maximum Gasteiger partial charge on any atom is 0.306 e. The van der Waals surface area contributed by atoms with Crippen LogP contribution in [0.3, 0.4) is 0 Å². The summed E-state index contributed by atoms with van der Waals surface area (Å²) in [5, 5.41) is 25.1. The SMILES string of the molecule is CCCCCCCCCC(=O)OCC1=C[C@H]2C(C)(C)[C@](C)(OC(=O)CC3(C)CC4CC(C)CC(C4)C3)C[C@@H](C)[C@]2(O)[C@@H]2C=C(C)C(=O)[C@@]2(O)C1. The van der Waals surface area contributed by atoms with E-state index in [9.17, 15) is 24.6 Å². The van der Waals surface area contributed by atoms with Crippen LogP contribution < -0.4 is 0 Å². The third kappa shape index (κ3) is 7.56. The number of ketones is 1. The lowest BCUT2D eigenvalue weighted by Crippen LogP contribution is -2.68. The summed E-state index contributed by atoms with van der Waals surface area (Å²) in [6.45, 7) is 16.5. The molecule has 3 saturated carbocycles. The minimum atomic E-state index is -1.84. The minimum Gasteiger partial charge on any atom is -0.461 e. The Labute approximate surface area is 302 Å². The van der Waals surface area contributed by atoms with E-state index in [0.29, 0.717) is 42.2 Å². The Bertz CT molecular complexity index is 1330. The topological polar surface area (TPSA) is 110 Å². The molecule has 7 nitrogen and oxygen atoms in total. The first-order chi connectivity index (χ1) is 23.4. The summed E-state index contributed by atoms with van der Waals surface area (Å²) in [6, 6.07) is 0. The number of hydrogen-bond donors (Lipinski definition) is 2. The first-order valence-corrected chi connectivity index (χ1v) is 20.1. The highest BCUT2D eigenvalue weighted by molar-refractivity contribution is 6.04. The van der Waals surface area contributed by atoms with E-state index in [-0.39, 0.29) is 36.2 Å². The molecule has 0 aliphatic heterocycles. The summed E-state index contributed by atoms with van der Waals surface area (Å²) in [7, 11) is 0. The zero-order chi connectivity index (χ0) is 36.7. The van der Waals surface area contributed by atoms with Crippen molar-refractivity contribution in [3.05, 3.63) is 23.3 Å². The summed E-state index contributed by atoms with van der Waals surface area (Å²) in [4.78, 5) is 40.4. The Morgan fingerprint density at radius 3 is 2.10 bits per heavy atom. The lowest BCUT2D eigenvalue weighted by atomic mass is 9.48. The van der Waals surface area contributed by atoms with Crippen LogP contribution in [0.1, 0.15) is 158 Å². The zero-order valence-corrected chi connectivity index (χ0v) is 32.6. The van der Waals surface area contributed by atoms with E-state index < -0.39 is 40.0 Å². The number of carbonyl (C=O) groups excluding carboxylic acids is 3. The van der Waals surface area contributed by atoms with E-state index in [1.165, 1.54) is 44.9 Å². The molecule has 0 aromatic heterocycles. The number of esters is 2. The van der Waals surface area contributed by atoms with Crippen LogP contribution in [0.4, 0.5) is 0 Å². The van der Waals surface area contributed by atoms with Crippen molar-refractivity contribution >= 4 is 17.7 Å². The van der Waals surface area contributed by atoms with Gasteiger partial charge in [-0.15, -0.1) is 0 Å². The number of hydrogen-bond acceptors (Lipinski definition) is 7. The molecule has 50 heavy (non-hydrogen) atoms. The highest BCUT2D eigenvalue weighted by Crippen LogP contribution is 2.63. The number of carbonyl (C=O) groups is 3. The van der Waals surface area contributed by atoms with Gasteiger partial charge >= 0.3 is 11.9 Å². The molecule has 7 heteroatoms. The fraction of sp³-hybridized carbons (Fsp3) is 0.837. The molecule has 5 aliphatic carbocycles. The predicted molar refractivity (Wildman–Crippen MR) is 196 cm³/mol. The monoisotopic (exact) mass is 696 g/mol. The van der Waals surface area contributed by atoms with Gasteiger partial charge in [0.2, 0.25) is 0 Å². The third-order valence-electron chi connectivity index (χ3n) is 14.2. The molecule has 2 N–H and O–H groups in total. The molecule has 0 heterocycles. The quantitative estimate of drug-likeness (QED) is 0.113. The molecule has 0 saturated heterocycles. The number of aliphatic hydroxyl groups is 2. The van der Waals surface area contributed by atoms with Crippen molar-refractivity contribution in [2.75, 3.05) is 6.61 Å². The molecule has 0 aromatic rings. The van der Waals surface area contributed by atoms with Crippen LogP contribution >= 0.6 is 0 Å². The molecule has 282 valence electrons. The highest BCUT2D eigenvalue weighted by atomic mass is 16.6. The second-order valence-electron chi connectivity index (χ2n) is 19.0. The molecule has 5 aliphatic rings. The molecular weight excluding hydrogens is 628 g/mol. The van der Waals surface area contributed by atoms with Gasteiger partial charge in [0.05, 0.1) is 12.0 Å². The van der Waals surface area contributed by atoms with E-state index in [2.05, 4.69) is 20.8 Å². The van der Waals surface area contributed by atoms with E-state index in [0.717, 1.165) is 38.0 Å². The zero-order valence-electron chi connectivity index (χ0n) is 32.6. The molecule has 5 rings (SSSR count). The van der Waals surface area contributed by atoms with Crippen molar-refractivity contribution in [3.8, 4) is 0 Å². The van der Waals surface area contributed by atoms with Crippen molar-refractivity contribution in [1.82, 2.24) is 0 Å². The molecule has 2 unspecified atom stereocenters. The van der Waals surface area contributed by atoms with Crippen LogP contribution in [0.2, 0.25) is 0 Å². The number of Topliss-reactive ketones (excluding diaryl/α,β-unsaturated/α-hetero) is 1. The maximum absolute atomic E-state index is 14.0. The minimum absolute atomic E-state index is 0.0214. The summed E-state index contributed by atoms with van der Waals surface area (Å²) in [6.07, 6.45) is 18.4. The van der Waals surface area contributed by atoms with Gasteiger partial charge in [0.1, 0.15) is 17.8 Å². The molecule has 8 atom stereocenters. The van der Waals surface area contributed by atoms with Crippen LogP contribution in [0.25, 0.3) is 0 Å². The van der Waals surface area contributed by atoms with Crippen LogP contribution in [0.5, 0.6) is 0 Å². The van der Waals surface area contributed by atoms with Gasteiger partial charge in [-0.05, 0) is 99.0 Å². The van der Waals surface area contributed by atoms with Crippen LogP contribution in [-0.2, 0) is 23.9 Å². The standard InChI is InChI=1S/C43H68O7/c1-9-10-11-12-13-14-15-16-36(44)49-27-33-21-34-39(5,6)41(8,22-30(4)43(34,48)35-19-29(3)38(46)42(35,47)25-33)50-37(45)26-40(7)23-31-17-28(2)18-32(20-31)24-40/h19,21,28,30-32,34-35,47-48H,9-18,20,22-27H2,1-8H3/t28?,30-,31?,32?,34+,35-,40?,41-,42-,43-/m1/s1. The highest BCUT2D eigenvalue weighted by Gasteiger charge is 2.70. The summed E-state index contributed by atoms with van der Waals surface area (Å²) in [5.74, 6) is -0.599. The summed E-state index contributed by atoms with van der Waals surface area (Å²) >= 11 is 0. The van der Waals surface area contributed by atoms with Crippen LogP contribution in [0.15, 0.2) is 23.3 Å². The Morgan fingerprint density at radius 1 is 0.840 bits per heavy atom. The average molecular weight is 697 g/mol. The van der Waals surface area contributed by atoms with E-state index in [1.807, 2.05) is 33.8 Å². The van der Waals surface area contributed by atoms with Crippen LogP contribution in [-0.4, -0.2) is 51.3 Å². The van der Waals surface area contributed by atoms with Gasteiger partial charge in [-0.25, -0.2) is 0 Å². The maximum atomic E-state index is 14.0. The van der Waals surface area contributed by atoms with Gasteiger partial charge in [0.15, 0.2) is 5.78 Å². The van der Waals surface area contributed by atoms with Gasteiger partial charge in [-0.2, -0.15) is 0 Å². The predicted octanol–water partition coefficient (Wildman–Crippen LogP) is 8.83. The Morgan fingerprint density at radius 2 is 1.46 bits per heavy atom. The second kappa shape index (κ2) is 14.8. The number of ether oxygens (including phenoxy) is 2. The van der Waals surface area contributed by atoms with Gasteiger partial charge < -0.3 is 19.7 Å². The van der Waals surface area contributed by atoms with Gasteiger partial charge in [0.25, 0.3) is 0 Å². The number of fused-ring (bicyclic) bond motifs is 5. The van der Waals surface area contributed by atoms with Crippen molar-refractivity contribution in [2.45, 2.75) is 175 Å². The lowest BCUT2D eigenvalue weighted by Gasteiger charge is -2.61. The van der Waals surface area contributed by atoms with Crippen LogP contribution in [0, 0.1) is 46.3 Å². The molecule has 3 fully saturated rings. The van der Waals surface area contributed by atoms with Gasteiger partial charge in [-0.3, -0.25) is 14.4 Å². The summed E-state index contributed by atoms with van der Waals surface area (Å²) in [5.41, 5.74) is -4.07. The normalized spacial score (nSPS) is 40.6. The molecule has 0 radical (unpaired) electrons. The lowest BCUT2D eigenvalue weighted by molar-refractivity contribution is -0.246.